The zero-order valence-corrected chi connectivity index (χ0v) is 19.2. The molecule has 0 fully saturated rings. The number of ether oxygens (including phenoxy) is 1. The Morgan fingerprint density at radius 1 is 0.839 bits per heavy atom. The minimum absolute atomic E-state index is 0.191. The van der Waals surface area contributed by atoms with Crippen LogP contribution in [-0.4, -0.2) is 18.4 Å². The van der Waals surface area contributed by atoms with Crippen LogP contribution in [0.1, 0.15) is 15.9 Å². The van der Waals surface area contributed by atoms with E-state index in [1.165, 1.54) is 12.1 Å². The fourth-order valence-corrected chi connectivity index (χ4v) is 3.79. The van der Waals surface area contributed by atoms with Crippen molar-refractivity contribution in [1.82, 2.24) is 0 Å². The maximum absolute atomic E-state index is 12.5. The van der Waals surface area contributed by atoms with E-state index in [4.69, 9.17) is 51.1 Å². The molecule has 9 heteroatoms. The van der Waals surface area contributed by atoms with Crippen LogP contribution in [0.15, 0.2) is 54.6 Å². The fraction of sp³-hybridized carbons (Fsp3) is 0.0909. The number of aryl methyl sites for hydroxylation is 1. The van der Waals surface area contributed by atoms with Crippen LogP contribution in [0, 0.1) is 6.92 Å². The van der Waals surface area contributed by atoms with Crippen molar-refractivity contribution in [1.29, 1.82) is 0 Å². The van der Waals surface area contributed by atoms with Gasteiger partial charge in [0.25, 0.3) is 11.8 Å². The van der Waals surface area contributed by atoms with Gasteiger partial charge in [0.1, 0.15) is 5.75 Å². The van der Waals surface area contributed by atoms with Crippen LogP contribution in [0.3, 0.4) is 0 Å². The molecule has 31 heavy (non-hydrogen) atoms. The van der Waals surface area contributed by atoms with Gasteiger partial charge in [-0.25, -0.2) is 0 Å². The van der Waals surface area contributed by atoms with Gasteiger partial charge in [0, 0.05) is 21.3 Å². The summed E-state index contributed by atoms with van der Waals surface area (Å²) >= 11 is 24.0. The highest BCUT2D eigenvalue weighted by Gasteiger charge is 2.13. The molecule has 3 aromatic rings. The molecule has 3 rings (SSSR count). The molecule has 0 unspecified atom stereocenters. The lowest BCUT2D eigenvalue weighted by atomic mass is 10.2. The summed E-state index contributed by atoms with van der Waals surface area (Å²) < 4.78 is 5.48. The molecule has 0 radical (unpaired) electrons. The number of halogens is 4. The number of hydrogen-bond donors (Lipinski definition) is 2. The van der Waals surface area contributed by atoms with Crippen molar-refractivity contribution in [2.24, 2.45) is 0 Å². The van der Waals surface area contributed by atoms with Gasteiger partial charge in [0.15, 0.2) is 6.61 Å². The number of amides is 2. The third kappa shape index (κ3) is 6.28. The first-order valence-corrected chi connectivity index (χ1v) is 10.5. The van der Waals surface area contributed by atoms with Crippen molar-refractivity contribution >= 4 is 69.6 Å². The Bertz CT molecular complexity index is 1110. The van der Waals surface area contributed by atoms with Crippen LogP contribution in [-0.2, 0) is 4.79 Å². The summed E-state index contributed by atoms with van der Waals surface area (Å²) in [6.45, 7) is 1.65. The highest BCUT2D eigenvalue weighted by atomic mass is 35.5. The SMILES string of the molecule is Cc1cc(Cl)ccc1NC(=O)COc1ccc(C(=O)Nc2c(Cl)cc(Cl)cc2Cl)cc1. The molecule has 0 spiro atoms. The van der Waals surface area contributed by atoms with E-state index in [-0.39, 0.29) is 28.2 Å². The predicted octanol–water partition coefficient (Wildman–Crippen LogP) is 6.88. The Hall–Kier alpha value is -2.44. The van der Waals surface area contributed by atoms with Gasteiger partial charge in [-0.15, -0.1) is 0 Å². The Kier molecular flexibility index (Phi) is 7.68. The molecule has 160 valence electrons. The van der Waals surface area contributed by atoms with Crippen molar-refractivity contribution in [3.05, 3.63) is 85.8 Å². The van der Waals surface area contributed by atoms with Gasteiger partial charge in [-0.05, 0) is 67.1 Å². The second-order valence-electron chi connectivity index (χ2n) is 6.52. The summed E-state index contributed by atoms with van der Waals surface area (Å²) in [6.07, 6.45) is 0. The van der Waals surface area contributed by atoms with Gasteiger partial charge in [0.05, 0.1) is 15.7 Å². The molecular formula is C22H16Cl4N2O3. The third-order valence-electron chi connectivity index (χ3n) is 4.19. The molecule has 0 aromatic heterocycles. The van der Waals surface area contributed by atoms with Gasteiger partial charge in [-0.3, -0.25) is 9.59 Å². The minimum atomic E-state index is -0.409. The molecule has 0 atom stereocenters. The molecule has 2 N–H and O–H groups in total. The Morgan fingerprint density at radius 2 is 1.48 bits per heavy atom. The molecule has 0 saturated heterocycles. The first kappa shape index (κ1) is 23.2. The Labute approximate surface area is 199 Å². The van der Waals surface area contributed by atoms with Gasteiger partial charge in [0.2, 0.25) is 0 Å². The second kappa shape index (κ2) is 10.2. The maximum atomic E-state index is 12.5. The van der Waals surface area contributed by atoms with Crippen LogP contribution in [0.25, 0.3) is 0 Å². The lowest BCUT2D eigenvalue weighted by molar-refractivity contribution is -0.118. The quantitative estimate of drug-likeness (QED) is 0.390. The molecule has 0 aliphatic heterocycles. The minimum Gasteiger partial charge on any atom is -0.484 e. The summed E-state index contributed by atoms with van der Waals surface area (Å²) in [5, 5.41) is 6.83. The van der Waals surface area contributed by atoms with Crippen LogP contribution in [0.2, 0.25) is 20.1 Å². The van der Waals surface area contributed by atoms with E-state index in [1.807, 2.05) is 6.92 Å². The summed E-state index contributed by atoms with van der Waals surface area (Å²) in [5.41, 5.74) is 2.13. The zero-order valence-electron chi connectivity index (χ0n) is 16.1. The Balaban J connectivity index is 1.57. The number of rotatable bonds is 6. The molecule has 0 saturated carbocycles. The van der Waals surface area contributed by atoms with Crippen molar-refractivity contribution in [2.75, 3.05) is 17.2 Å². The fourth-order valence-electron chi connectivity index (χ4n) is 2.65. The average molecular weight is 498 g/mol. The summed E-state index contributed by atoms with van der Waals surface area (Å²) in [6, 6.07) is 14.4. The molecular weight excluding hydrogens is 482 g/mol. The summed E-state index contributed by atoms with van der Waals surface area (Å²) in [7, 11) is 0. The van der Waals surface area contributed by atoms with Gasteiger partial charge in [-0.2, -0.15) is 0 Å². The number of carbonyl (C=O) groups excluding carboxylic acids is 2. The van der Waals surface area contributed by atoms with Crippen molar-refractivity contribution in [2.45, 2.75) is 6.92 Å². The van der Waals surface area contributed by atoms with Gasteiger partial charge in [-0.1, -0.05) is 46.4 Å². The third-order valence-corrected chi connectivity index (χ3v) is 5.24. The smallest absolute Gasteiger partial charge is 0.262 e. The number of benzene rings is 3. The number of nitrogens with one attached hydrogen (secondary N) is 2. The van der Waals surface area contributed by atoms with E-state index in [2.05, 4.69) is 10.6 Å². The molecule has 0 aliphatic rings. The van der Waals surface area contributed by atoms with Crippen LogP contribution < -0.4 is 15.4 Å². The highest BCUT2D eigenvalue weighted by molar-refractivity contribution is 6.42. The van der Waals surface area contributed by atoms with E-state index in [0.29, 0.717) is 27.0 Å². The van der Waals surface area contributed by atoms with Crippen molar-refractivity contribution in [3.63, 3.8) is 0 Å². The largest absolute Gasteiger partial charge is 0.484 e. The lowest BCUT2D eigenvalue weighted by Crippen LogP contribution is -2.20. The standard InChI is InChI=1S/C22H16Cl4N2O3/c1-12-8-14(23)4-7-19(12)27-20(29)11-31-16-5-2-13(3-6-16)22(30)28-21-17(25)9-15(24)10-18(21)26/h2-10H,11H2,1H3,(H,27,29)(H,28,30). The summed E-state index contributed by atoms with van der Waals surface area (Å²) in [5.74, 6) is -0.296. The van der Waals surface area contributed by atoms with E-state index in [0.717, 1.165) is 5.56 Å². The van der Waals surface area contributed by atoms with Gasteiger partial charge < -0.3 is 15.4 Å². The monoisotopic (exact) mass is 496 g/mol. The topological polar surface area (TPSA) is 67.4 Å². The number of carbonyl (C=O) groups is 2. The van der Waals surface area contributed by atoms with Crippen LogP contribution >= 0.6 is 46.4 Å². The molecule has 0 bridgehead atoms. The molecule has 2 amide bonds. The first-order valence-electron chi connectivity index (χ1n) is 8.97. The van der Waals surface area contributed by atoms with Crippen molar-refractivity contribution < 1.29 is 14.3 Å². The number of hydrogen-bond acceptors (Lipinski definition) is 3. The Morgan fingerprint density at radius 3 is 2.10 bits per heavy atom. The molecule has 0 heterocycles. The van der Waals surface area contributed by atoms with Gasteiger partial charge >= 0.3 is 0 Å². The van der Waals surface area contributed by atoms with E-state index in [1.54, 1.807) is 42.5 Å². The lowest BCUT2D eigenvalue weighted by Gasteiger charge is -2.11. The molecule has 3 aromatic carbocycles. The predicted molar refractivity (Wildman–Crippen MR) is 126 cm³/mol. The maximum Gasteiger partial charge on any atom is 0.262 e. The zero-order chi connectivity index (χ0) is 22.5. The molecule has 0 aliphatic carbocycles. The van der Waals surface area contributed by atoms with Crippen LogP contribution in [0.4, 0.5) is 11.4 Å². The van der Waals surface area contributed by atoms with Crippen molar-refractivity contribution in [3.8, 4) is 5.75 Å². The highest BCUT2D eigenvalue weighted by Crippen LogP contribution is 2.34. The van der Waals surface area contributed by atoms with E-state index < -0.39 is 5.91 Å². The van der Waals surface area contributed by atoms with E-state index >= 15 is 0 Å². The number of anilines is 2. The first-order chi connectivity index (χ1) is 14.7. The van der Waals surface area contributed by atoms with E-state index in [9.17, 15) is 9.59 Å². The normalized spacial score (nSPS) is 10.5. The van der Waals surface area contributed by atoms with Crippen LogP contribution in [0.5, 0.6) is 5.75 Å². The second-order valence-corrected chi connectivity index (χ2v) is 8.21. The average Bonchev–Trinajstić information content (AvgIpc) is 2.71. The summed E-state index contributed by atoms with van der Waals surface area (Å²) in [4.78, 5) is 24.6. The molecule has 5 nitrogen and oxygen atoms in total.